The van der Waals surface area contributed by atoms with Crippen LogP contribution in [0.4, 0.5) is 0 Å². The van der Waals surface area contributed by atoms with Gasteiger partial charge < -0.3 is 25.6 Å². The van der Waals surface area contributed by atoms with Gasteiger partial charge in [0, 0.05) is 56.5 Å². The summed E-state index contributed by atoms with van der Waals surface area (Å²) in [7, 11) is 1.68. The third kappa shape index (κ3) is 9.58. The van der Waals surface area contributed by atoms with Crippen LogP contribution in [0.5, 0.6) is 0 Å². The van der Waals surface area contributed by atoms with Crippen LogP contribution in [0.25, 0.3) is 10.9 Å². The van der Waals surface area contributed by atoms with Crippen molar-refractivity contribution < 1.29 is 24.2 Å². The number of aromatic nitrogens is 2. The number of ether oxygens (including phenoxy) is 2. The largest absolute Gasteiger partial charge is 0.457 e. The summed E-state index contributed by atoms with van der Waals surface area (Å²) < 4.78 is 13.0. The van der Waals surface area contributed by atoms with Crippen molar-refractivity contribution in [2.24, 2.45) is 23.0 Å². The molecule has 1 aromatic heterocycles. The van der Waals surface area contributed by atoms with Crippen molar-refractivity contribution in [1.29, 1.82) is 0 Å². The van der Waals surface area contributed by atoms with Crippen LogP contribution < -0.4 is 11.1 Å². The molecule has 1 amide bonds. The van der Waals surface area contributed by atoms with E-state index in [0.717, 1.165) is 42.1 Å². The molecule has 9 heteroatoms. The first-order valence-electron chi connectivity index (χ1n) is 14.2. The van der Waals surface area contributed by atoms with Gasteiger partial charge in [0.1, 0.15) is 6.10 Å². The highest BCUT2D eigenvalue weighted by atomic mass is 16.5. The third-order valence-corrected chi connectivity index (χ3v) is 7.53. The fraction of sp³-hybridized carbons (Fsp3) is 0.700. The highest BCUT2D eigenvalue weighted by Gasteiger charge is 2.33. The van der Waals surface area contributed by atoms with Gasteiger partial charge in [-0.1, -0.05) is 59.6 Å². The number of hydrogen-bond acceptors (Lipinski definition) is 7. The maximum Gasteiger partial charge on any atom is 0.303 e. The van der Waals surface area contributed by atoms with Crippen LogP contribution >= 0.6 is 0 Å². The predicted octanol–water partition coefficient (Wildman–Crippen LogP) is 4.36. The molecule has 4 atom stereocenters. The topological polar surface area (TPSA) is 129 Å². The zero-order valence-corrected chi connectivity index (χ0v) is 24.9. The van der Waals surface area contributed by atoms with Crippen LogP contribution in [0.3, 0.4) is 0 Å². The number of nitrogens with two attached hydrogens (primary N) is 1. The number of methoxy groups -OCH3 is 1. The molecule has 1 aromatic carbocycles. The Balaban J connectivity index is 2.21. The van der Waals surface area contributed by atoms with Crippen LogP contribution in [-0.4, -0.2) is 59.2 Å². The number of rotatable bonds is 17. The first-order chi connectivity index (χ1) is 18.4. The molecule has 0 aliphatic heterocycles. The van der Waals surface area contributed by atoms with Gasteiger partial charge in [-0.05, 0) is 36.8 Å². The van der Waals surface area contributed by atoms with E-state index in [2.05, 4.69) is 31.2 Å². The van der Waals surface area contributed by atoms with Crippen molar-refractivity contribution in [3.05, 3.63) is 30.0 Å². The number of fused-ring (bicyclic) bond motifs is 1. The second-order valence-electron chi connectivity index (χ2n) is 11.6. The summed E-state index contributed by atoms with van der Waals surface area (Å²) in [6.07, 6.45) is 4.37. The van der Waals surface area contributed by atoms with Crippen molar-refractivity contribution >= 4 is 22.8 Å². The summed E-state index contributed by atoms with van der Waals surface area (Å²) in [5.41, 5.74) is 7.79. The zero-order valence-electron chi connectivity index (χ0n) is 24.9. The second-order valence-corrected chi connectivity index (χ2v) is 11.6. The van der Waals surface area contributed by atoms with Crippen LogP contribution in [0.15, 0.2) is 24.4 Å². The van der Waals surface area contributed by atoms with E-state index in [1.165, 1.54) is 6.92 Å². The Morgan fingerprint density at radius 2 is 1.95 bits per heavy atom. The molecule has 0 aliphatic carbocycles. The number of amides is 1. The maximum atomic E-state index is 12.7. The van der Waals surface area contributed by atoms with E-state index in [9.17, 15) is 14.7 Å². The van der Waals surface area contributed by atoms with E-state index in [1.54, 1.807) is 7.11 Å². The first kappa shape index (κ1) is 32.7. The molecule has 0 bridgehead atoms. The van der Waals surface area contributed by atoms with Crippen LogP contribution in [-0.2, 0) is 25.6 Å². The van der Waals surface area contributed by atoms with E-state index in [1.807, 2.05) is 42.9 Å². The fourth-order valence-corrected chi connectivity index (χ4v) is 4.92. The summed E-state index contributed by atoms with van der Waals surface area (Å²) in [5.74, 6) is -0.513. The smallest absolute Gasteiger partial charge is 0.303 e. The number of nitrogens with zero attached hydrogens (tertiary/aromatic N) is 2. The number of nitrogens with one attached hydrogen (secondary N) is 1. The van der Waals surface area contributed by atoms with E-state index in [0.29, 0.717) is 19.6 Å². The SMILES string of the molecule is CCCCC(C)(C)C(=O)NC[C@H](O)[C@@H](N)C[C@@H](C(C)C)[C@H](OC(C)=O)c1ccc2cnn(CCCOC)c2c1. The lowest BCUT2D eigenvalue weighted by Gasteiger charge is -2.33. The van der Waals surface area contributed by atoms with Gasteiger partial charge in [0.2, 0.25) is 5.91 Å². The summed E-state index contributed by atoms with van der Waals surface area (Å²) in [4.78, 5) is 24.9. The minimum absolute atomic E-state index is 0.0746. The molecule has 2 rings (SSSR count). The lowest BCUT2D eigenvalue weighted by molar-refractivity contribution is -0.151. The molecule has 0 saturated heterocycles. The number of carbonyl (C=O) groups is 2. The van der Waals surface area contributed by atoms with E-state index < -0.39 is 23.7 Å². The average Bonchev–Trinajstić information content (AvgIpc) is 3.29. The number of aryl methyl sites for hydroxylation is 1. The van der Waals surface area contributed by atoms with Gasteiger partial charge >= 0.3 is 5.97 Å². The van der Waals surface area contributed by atoms with Crippen molar-refractivity contribution in [2.45, 2.75) is 98.4 Å². The molecule has 2 aromatic rings. The van der Waals surface area contributed by atoms with E-state index in [4.69, 9.17) is 15.2 Å². The van der Waals surface area contributed by atoms with Gasteiger partial charge in [0.25, 0.3) is 0 Å². The normalized spacial score (nSPS) is 15.2. The Kier molecular flexibility index (Phi) is 12.9. The van der Waals surface area contributed by atoms with Crippen molar-refractivity contribution in [2.75, 3.05) is 20.3 Å². The lowest BCUT2D eigenvalue weighted by Crippen LogP contribution is -2.47. The number of hydrogen-bond donors (Lipinski definition) is 3. The number of esters is 1. The number of unbranched alkanes of at least 4 members (excludes halogenated alkanes) is 1. The molecule has 0 aliphatic rings. The number of aliphatic hydroxyl groups is 1. The summed E-state index contributed by atoms with van der Waals surface area (Å²) in [5, 5.41) is 19.3. The zero-order chi connectivity index (χ0) is 29.2. The van der Waals surface area contributed by atoms with E-state index in [-0.39, 0.29) is 30.3 Å². The number of benzene rings is 1. The van der Waals surface area contributed by atoms with E-state index >= 15 is 0 Å². The van der Waals surface area contributed by atoms with Crippen molar-refractivity contribution in [3.8, 4) is 0 Å². The highest BCUT2D eigenvalue weighted by molar-refractivity contribution is 5.81. The van der Waals surface area contributed by atoms with Gasteiger partial charge in [0.05, 0.1) is 17.8 Å². The maximum absolute atomic E-state index is 12.7. The molecule has 0 saturated carbocycles. The first-order valence-corrected chi connectivity index (χ1v) is 14.2. The summed E-state index contributed by atoms with van der Waals surface area (Å²) in [6, 6.07) is 5.37. The molecule has 4 N–H and O–H groups in total. The summed E-state index contributed by atoms with van der Waals surface area (Å²) >= 11 is 0. The fourth-order valence-electron chi connectivity index (χ4n) is 4.92. The molecular formula is C30H50N4O5. The molecule has 0 spiro atoms. The molecule has 39 heavy (non-hydrogen) atoms. The van der Waals surface area contributed by atoms with Crippen molar-refractivity contribution in [1.82, 2.24) is 15.1 Å². The second kappa shape index (κ2) is 15.3. The van der Waals surface area contributed by atoms with Crippen LogP contribution in [0.1, 0.15) is 85.3 Å². The molecule has 220 valence electrons. The Morgan fingerprint density at radius 3 is 2.56 bits per heavy atom. The molecule has 0 fully saturated rings. The van der Waals surface area contributed by atoms with Gasteiger partial charge in [-0.2, -0.15) is 5.10 Å². The molecule has 0 radical (unpaired) electrons. The number of carbonyl (C=O) groups excluding carboxylic acids is 2. The molecule has 1 heterocycles. The monoisotopic (exact) mass is 546 g/mol. The molecular weight excluding hydrogens is 496 g/mol. The predicted molar refractivity (Wildman–Crippen MR) is 154 cm³/mol. The Labute approximate surface area is 233 Å². The van der Waals surface area contributed by atoms with Gasteiger partial charge in [-0.3, -0.25) is 14.3 Å². The standard InChI is InChI=1S/C30H50N4O5/c1-8-9-13-30(5,6)29(37)32-19-27(36)25(31)17-24(20(2)3)28(39-21(4)35)22-11-12-23-18-33-34(26(23)16-22)14-10-15-38-7/h11-12,16,18,20,24-25,27-28,36H,8-10,13-15,17,19,31H2,1-7H3,(H,32,37)/t24-,25-,27-,28+/m0/s1. The lowest BCUT2D eigenvalue weighted by atomic mass is 9.80. The molecule has 9 nitrogen and oxygen atoms in total. The van der Waals surface area contributed by atoms with Gasteiger partial charge in [0.15, 0.2) is 0 Å². The minimum Gasteiger partial charge on any atom is -0.457 e. The highest BCUT2D eigenvalue weighted by Crippen LogP contribution is 2.36. The Morgan fingerprint density at radius 1 is 1.23 bits per heavy atom. The van der Waals surface area contributed by atoms with Gasteiger partial charge in [-0.15, -0.1) is 0 Å². The van der Waals surface area contributed by atoms with Crippen molar-refractivity contribution in [3.63, 3.8) is 0 Å². The third-order valence-electron chi connectivity index (χ3n) is 7.53. The Hall–Kier alpha value is -2.49. The van der Waals surface area contributed by atoms with Crippen LogP contribution in [0.2, 0.25) is 0 Å². The number of aliphatic hydroxyl groups excluding tert-OH is 1. The molecule has 0 unspecified atom stereocenters. The quantitative estimate of drug-likeness (QED) is 0.199. The minimum atomic E-state index is -0.931. The van der Waals surface area contributed by atoms with Gasteiger partial charge in [-0.25, -0.2) is 0 Å². The Bertz CT molecular complexity index is 1050. The summed E-state index contributed by atoms with van der Waals surface area (Å²) in [6.45, 7) is 12.9. The average molecular weight is 547 g/mol. The van der Waals surface area contributed by atoms with Crippen LogP contribution in [0, 0.1) is 17.3 Å².